The Balaban J connectivity index is 2.17. The molecular weight excluding hydrogens is 230 g/mol. The highest BCUT2D eigenvalue weighted by Crippen LogP contribution is 2.28. The fourth-order valence-corrected chi connectivity index (χ4v) is 2.72. The molecule has 0 atom stereocenters. The fraction of sp³-hybridized carbons (Fsp3) is 0.0714. The summed E-state index contributed by atoms with van der Waals surface area (Å²) in [5, 5.41) is 10.6. The van der Waals surface area contributed by atoms with E-state index in [1.54, 1.807) is 23.5 Å². The van der Waals surface area contributed by atoms with E-state index in [2.05, 4.69) is 23.2 Å². The summed E-state index contributed by atoms with van der Waals surface area (Å²) >= 11 is 1.70. The molecule has 0 saturated heterocycles. The maximum atomic E-state index is 9.48. The van der Waals surface area contributed by atoms with Crippen LogP contribution in [0.4, 0.5) is 0 Å². The van der Waals surface area contributed by atoms with Crippen molar-refractivity contribution in [2.75, 3.05) is 0 Å². The summed E-state index contributed by atoms with van der Waals surface area (Å²) in [4.78, 5) is 4.48. The molecule has 0 radical (unpaired) electrons. The van der Waals surface area contributed by atoms with Gasteiger partial charge in [0.05, 0.1) is 15.2 Å². The predicted molar refractivity (Wildman–Crippen MR) is 71.5 cm³/mol. The van der Waals surface area contributed by atoms with E-state index in [0.717, 1.165) is 21.7 Å². The van der Waals surface area contributed by atoms with E-state index in [-0.39, 0.29) is 5.75 Å². The van der Waals surface area contributed by atoms with Crippen LogP contribution in [0.3, 0.4) is 0 Å². The largest absolute Gasteiger partial charge is 0.508 e. The van der Waals surface area contributed by atoms with Gasteiger partial charge in [-0.1, -0.05) is 18.2 Å². The SMILES string of the molecule is Cc1nc2cc(-c3cccc(O)c3)ccc2s1. The molecule has 3 aromatic rings. The molecule has 0 saturated carbocycles. The van der Waals surface area contributed by atoms with Gasteiger partial charge in [0.15, 0.2) is 0 Å². The molecule has 0 spiro atoms. The second-order valence-corrected chi connectivity index (χ2v) is 5.20. The van der Waals surface area contributed by atoms with Crippen LogP contribution in [0.25, 0.3) is 21.3 Å². The molecule has 3 heteroatoms. The third kappa shape index (κ3) is 1.89. The van der Waals surface area contributed by atoms with Crippen LogP contribution in [0.1, 0.15) is 5.01 Å². The van der Waals surface area contributed by atoms with Crippen molar-refractivity contribution >= 4 is 21.6 Å². The van der Waals surface area contributed by atoms with E-state index in [1.807, 2.05) is 19.1 Å². The van der Waals surface area contributed by atoms with Crippen molar-refractivity contribution in [1.82, 2.24) is 4.98 Å². The Morgan fingerprint density at radius 3 is 2.71 bits per heavy atom. The second kappa shape index (κ2) is 3.86. The zero-order valence-corrected chi connectivity index (χ0v) is 10.2. The smallest absolute Gasteiger partial charge is 0.116 e. The minimum Gasteiger partial charge on any atom is -0.508 e. The van der Waals surface area contributed by atoms with Gasteiger partial charge < -0.3 is 5.11 Å². The highest BCUT2D eigenvalue weighted by Gasteiger charge is 2.03. The van der Waals surface area contributed by atoms with Crippen LogP contribution in [0.15, 0.2) is 42.5 Å². The lowest BCUT2D eigenvalue weighted by atomic mass is 10.1. The molecule has 84 valence electrons. The van der Waals surface area contributed by atoms with E-state index >= 15 is 0 Å². The Bertz CT molecular complexity index is 688. The van der Waals surface area contributed by atoms with Crippen molar-refractivity contribution in [1.29, 1.82) is 0 Å². The fourth-order valence-electron chi connectivity index (χ4n) is 1.91. The molecule has 1 aromatic heterocycles. The second-order valence-electron chi connectivity index (χ2n) is 3.97. The minimum atomic E-state index is 0.289. The van der Waals surface area contributed by atoms with E-state index < -0.39 is 0 Å². The molecule has 0 bridgehead atoms. The quantitative estimate of drug-likeness (QED) is 0.699. The maximum Gasteiger partial charge on any atom is 0.116 e. The van der Waals surface area contributed by atoms with Crippen molar-refractivity contribution in [3.63, 3.8) is 0 Å². The van der Waals surface area contributed by atoms with Crippen LogP contribution in [0.5, 0.6) is 5.75 Å². The number of nitrogens with zero attached hydrogens (tertiary/aromatic N) is 1. The van der Waals surface area contributed by atoms with Crippen molar-refractivity contribution in [3.8, 4) is 16.9 Å². The average Bonchev–Trinajstić information content (AvgIpc) is 2.68. The number of hydrogen-bond donors (Lipinski definition) is 1. The van der Waals surface area contributed by atoms with Gasteiger partial charge in [-0.05, 0) is 42.3 Å². The van der Waals surface area contributed by atoms with Gasteiger partial charge in [-0.15, -0.1) is 11.3 Å². The van der Waals surface area contributed by atoms with Gasteiger partial charge in [-0.2, -0.15) is 0 Å². The first kappa shape index (κ1) is 10.3. The van der Waals surface area contributed by atoms with Gasteiger partial charge in [0.25, 0.3) is 0 Å². The number of fused-ring (bicyclic) bond motifs is 1. The molecule has 1 heterocycles. The van der Waals surface area contributed by atoms with Gasteiger partial charge in [-0.25, -0.2) is 4.98 Å². The topological polar surface area (TPSA) is 33.1 Å². The standard InChI is InChI=1S/C14H11NOS/c1-9-15-13-8-11(5-6-14(13)17-9)10-3-2-4-12(16)7-10/h2-8,16H,1H3. The zero-order chi connectivity index (χ0) is 11.8. The molecule has 2 nitrogen and oxygen atoms in total. The summed E-state index contributed by atoms with van der Waals surface area (Å²) < 4.78 is 1.20. The summed E-state index contributed by atoms with van der Waals surface area (Å²) in [6.07, 6.45) is 0. The molecule has 1 N–H and O–H groups in total. The Labute approximate surface area is 103 Å². The number of hydrogen-bond acceptors (Lipinski definition) is 3. The maximum absolute atomic E-state index is 9.48. The van der Waals surface area contributed by atoms with Crippen LogP contribution in [0.2, 0.25) is 0 Å². The molecule has 0 fully saturated rings. The Hall–Kier alpha value is -1.87. The number of aryl methyl sites for hydroxylation is 1. The normalized spacial score (nSPS) is 10.9. The Kier molecular flexibility index (Phi) is 2.34. The predicted octanol–water partition coefficient (Wildman–Crippen LogP) is 3.98. The third-order valence-corrected chi connectivity index (χ3v) is 3.63. The van der Waals surface area contributed by atoms with Crippen LogP contribution in [-0.4, -0.2) is 10.1 Å². The molecule has 0 aliphatic heterocycles. The number of rotatable bonds is 1. The average molecular weight is 241 g/mol. The minimum absolute atomic E-state index is 0.289. The molecule has 0 aliphatic carbocycles. The summed E-state index contributed by atoms with van der Waals surface area (Å²) in [6, 6.07) is 13.5. The van der Waals surface area contributed by atoms with E-state index in [9.17, 15) is 5.11 Å². The molecule has 2 aromatic carbocycles. The number of aromatic hydroxyl groups is 1. The van der Waals surface area contributed by atoms with Gasteiger partial charge in [-0.3, -0.25) is 0 Å². The van der Waals surface area contributed by atoms with Crippen molar-refractivity contribution in [2.24, 2.45) is 0 Å². The van der Waals surface area contributed by atoms with Crippen LogP contribution in [0, 0.1) is 6.92 Å². The Morgan fingerprint density at radius 2 is 1.88 bits per heavy atom. The van der Waals surface area contributed by atoms with Crippen molar-refractivity contribution < 1.29 is 5.11 Å². The molecule has 0 amide bonds. The van der Waals surface area contributed by atoms with Gasteiger partial charge in [0.2, 0.25) is 0 Å². The van der Waals surface area contributed by atoms with E-state index in [1.165, 1.54) is 4.70 Å². The highest BCUT2D eigenvalue weighted by atomic mass is 32.1. The molecule has 0 aliphatic rings. The van der Waals surface area contributed by atoms with Gasteiger partial charge >= 0.3 is 0 Å². The summed E-state index contributed by atoms with van der Waals surface area (Å²) in [5.41, 5.74) is 3.12. The molecule has 17 heavy (non-hydrogen) atoms. The van der Waals surface area contributed by atoms with Crippen molar-refractivity contribution in [2.45, 2.75) is 6.92 Å². The van der Waals surface area contributed by atoms with Gasteiger partial charge in [0.1, 0.15) is 5.75 Å². The van der Waals surface area contributed by atoms with Gasteiger partial charge in [0, 0.05) is 0 Å². The first-order chi connectivity index (χ1) is 8.22. The molecular formula is C14H11NOS. The summed E-state index contributed by atoms with van der Waals surface area (Å²) in [6.45, 7) is 2.01. The zero-order valence-electron chi connectivity index (χ0n) is 9.34. The number of aromatic nitrogens is 1. The third-order valence-electron chi connectivity index (χ3n) is 2.67. The lowest BCUT2D eigenvalue weighted by Gasteiger charge is -2.01. The van der Waals surface area contributed by atoms with Crippen LogP contribution >= 0.6 is 11.3 Å². The number of thiazole rings is 1. The number of phenols is 1. The van der Waals surface area contributed by atoms with Crippen molar-refractivity contribution in [3.05, 3.63) is 47.5 Å². The molecule has 0 unspecified atom stereocenters. The monoisotopic (exact) mass is 241 g/mol. The lowest BCUT2D eigenvalue weighted by molar-refractivity contribution is 0.475. The summed E-state index contributed by atoms with van der Waals surface area (Å²) in [5.74, 6) is 0.289. The van der Waals surface area contributed by atoms with E-state index in [0.29, 0.717) is 0 Å². The lowest BCUT2D eigenvalue weighted by Crippen LogP contribution is -1.77. The number of benzene rings is 2. The molecule has 3 rings (SSSR count). The van der Waals surface area contributed by atoms with Crippen LogP contribution < -0.4 is 0 Å². The summed E-state index contributed by atoms with van der Waals surface area (Å²) in [7, 11) is 0. The highest BCUT2D eigenvalue weighted by molar-refractivity contribution is 7.18. The van der Waals surface area contributed by atoms with Crippen LogP contribution in [-0.2, 0) is 0 Å². The first-order valence-corrected chi connectivity index (χ1v) is 6.20. The Morgan fingerprint density at radius 1 is 1.06 bits per heavy atom. The number of phenolic OH excluding ortho intramolecular Hbond substituents is 1. The first-order valence-electron chi connectivity index (χ1n) is 5.39. The van der Waals surface area contributed by atoms with E-state index in [4.69, 9.17) is 0 Å².